The summed E-state index contributed by atoms with van der Waals surface area (Å²) in [6, 6.07) is 14.2. The van der Waals surface area contributed by atoms with E-state index in [4.69, 9.17) is 0 Å². The first-order chi connectivity index (χ1) is 15.6. The summed E-state index contributed by atoms with van der Waals surface area (Å²) in [5.74, 6) is 0. The molecule has 11 nitrogen and oxygen atoms in total. The minimum Gasteiger partial charge on any atom is -0.279 e. The van der Waals surface area contributed by atoms with E-state index in [1.165, 1.54) is 36.5 Å². The van der Waals surface area contributed by atoms with E-state index >= 15 is 0 Å². The van der Waals surface area contributed by atoms with Crippen LogP contribution in [0, 0.1) is 34.1 Å². The van der Waals surface area contributed by atoms with Gasteiger partial charge in [-0.05, 0) is 37.6 Å². The number of non-ortho nitro benzene ring substituents is 1. The molecular weight excluding hydrogens is 450 g/mol. The Bertz CT molecular complexity index is 1370. The Morgan fingerprint density at radius 2 is 1.64 bits per heavy atom. The highest BCUT2D eigenvalue weighted by atomic mass is 32.2. The fourth-order valence-corrected chi connectivity index (χ4v) is 4.10. The third-order valence-corrected chi connectivity index (χ3v) is 5.95. The van der Waals surface area contributed by atoms with Crippen molar-refractivity contribution in [2.75, 3.05) is 10.1 Å². The molecule has 33 heavy (non-hydrogen) atoms. The summed E-state index contributed by atoms with van der Waals surface area (Å²) in [6.45, 7) is 3.63. The number of sulfonamides is 1. The molecule has 0 amide bonds. The molecule has 3 aromatic carbocycles. The van der Waals surface area contributed by atoms with E-state index < -0.39 is 25.6 Å². The lowest BCUT2D eigenvalue weighted by Crippen LogP contribution is -2.14. The number of nitro benzene ring substituents is 2. The van der Waals surface area contributed by atoms with Crippen LogP contribution in [0.5, 0.6) is 0 Å². The largest absolute Gasteiger partial charge is 0.295 e. The van der Waals surface area contributed by atoms with Gasteiger partial charge in [0.05, 0.1) is 26.6 Å². The van der Waals surface area contributed by atoms with Gasteiger partial charge in [-0.15, -0.1) is 0 Å². The zero-order valence-electron chi connectivity index (χ0n) is 17.6. The number of rotatable bonds is 8. The first-order valence-electron chi connectivity index (χ1n) is 9.49. The highest BCUT2D eigenvalue weighted by molar-refractivity contribution is 7.92. The molecule has 12 heteroatoms. The summed E-state index contributed by atoms with van der Waals surface area (Å²) in [5, 5.41) is 26.2. The third-order valence-electron chi connectivity index (χ3n) is 4.58. The molecule has 3 rings (SSSR count). The van der Waals surface area contributed by atoms with Crippen LogP contribution in [-0.2, 0) is 10.0 Å². The molecule has 0 radical (unpaired) electrons. The smallest absolute Gasteiger partial charge is 0.279 e. The van der Waals surface area contributed by atoms with Crippen LogP contribution in [0.25, 0.3) is 0 Å². The molecule has 0 aromatic heterocycles. The summed E-state index contributed by atoms with van der Waals surface area (Å²) >= 11 is 0. The van der Waals surface area contributed by atoms with E-state index in [-0.39, 0.29) is 16.3 Å². The van der Waals surface area contributed by atoms with Crippen LogP contribution in [0.2, 0.25) is 0 Å². The van der Waals surface area contributed by atoms with Crippen LogP contribution in [0.3, 0.4) is 0 Å². The molecule has 0 heterocycles. The number of nitrogens with zero attached hydrogens (tertiary/aromatic N) is 3. The SMILES string of the molecule is Cc1ccc(NS(=O)(=O)c2ccc(N/N=C/c3cccc([N+](=O)[O-])c3)c([N+](=O)[O-])c2)c(C)c1. The zero-order valence-corrected chi connectivity index (χ0v) is 18.4. The molecule has 0 spiro atoms. The fourth-order valence-electron chi connectivity index (χ4n) is 2.95. The molecule has 0 unspecified atom stereocenters. The Hall–Kier alpha value is -4.32. The second kappa shape index (κ2) is 9.44. The molecule has 0 aliphatic carbocycles. The molecular formula is C21H19N5O6S. The topological polar surface area (TPSA) is 157 Å². The number of hydrogen-bond donors (Lipinski definition) is 2. The van der Waals surface area contributed by atoms with Gasteiger partial charge in [0.1, 0.15) is 5.69 Å². The van der Waals surface area contributed by atoms with Crippen LogP contribution in [-0.4, -0.2) is 24.5 Å². The second-order valence-electron chi connectivity index (χ2n) is 7.08. The lowest BCUT2D eigenvalue weighted by Gasteiger charge is -2.12. The zero-order chi connectivity index (χ0) is 24.2. The highest BCUT2D eigenvalue weighted by Gasteiger charge is 2.22. The summed E-state index contributed by atoms with van der Waals surface area (Å²) in [5.41, 5.74) is 4.24. The Morgan fingerprint density at radius 3 is 2.30 bits per heavy atom. The summed E-state index contributed by atoms with van der Waals surface area (Å²) in [6.07, 6.45) is 1.25. The normalized spacial score (nSPS) is 11.3. The van der Waals surface area contributed by atoms with Gasteiger partial charge in [0.2, 0.25) is 0 Å². The molecule has 0 aliphatic rings. The number of anilines is 2. The van der Waals surface area contributed by atoms with Crippen molar-refractivity contribution in [3.05, 3.63) is 97.6 Å². The van der Waals surface area contributed by atoms with Gasteiger partial charge in [0.15, 0.2) is 0 Å². The molecule has 0 fully saturated rings. The van der Waals surface area contributed by atoms with E-state index in [1.807, 2.05) is 13.0 Å². The average Bonchev–Trinajstić information content (AvgIpc) is 2.76. The quantitative estimate of drug-likeness (QED) is 0.282. The first-order valence-corrected chi connectivity index (χ1v) is 11.0. The number of hydrazone groups is 1. The molecule has 2 N–H and O–H groups in total. The molecule has 0 saturated carbocycles. The maximum absolute atomic E-state index is 12.8. The summed E-state index contributed by atoms with van der Waals surface area (Å²) < 4.78 is 28.0. The van der Waals surface area contributed by atoms with E-state index in [0.717, 1.165) is 11.6 Å². The van der Waals surface area contributed by atoms with Gasteiger partial charge < -0.3 is 0 Å². The Kier molecular flexibility index (Phi) is 6.68. The Morgan fingerprint density at radius 1 is 0.909 bits per heavy atom. The van der Waals surface area contributed by atoms with Crippen molar-refractivity contribution in [3.8, 4) is 0 Å². The molecule has 0 saturated heterocycles. The van der Waals surface area contributed by atoms with Crippen LogP contribution in [0.4, 0.5) is 22.7 Å². The molecule has 3 aromatic rings. The molecule has 0 aliphatic heterocycles. The van der Waals surface area contributed by atoms with Crippen molar-refractivity contribution >= 4 is 39.0 Å². The standard InChI is InChI=1S/C21H19N5O6S/c1-14-6-8-19(15(2)10-14)24-33(31,32)18-7-9-20(21(12-18)26(29)30)23-22-13-16-4-3-5-17(11-16)25(27)28/h3-13,23-24H,1-2H3/b22-13+. The maximum atomic E-state index is 12.8. The average molecular weight is 469 g/mol. The maximum Gasteiger partial charge on any atom is 0.295 e. The van der Waals surface area contributed by atoms with Gasteiger partial charge in [-0.3, -0.25) is 30.4 Å². The second-order valence-corrected chi connectivity index (χ2v) is 8.76. The van der Waals surface area contributed by atoms with Gasteiger partial charge in [0.25, 0.3) is 21.4 Å². The Balaban J connectivity index is 1.85. The van der Waals surface area contributed by atoms with E-state index in [2.05, 4.69) is 15.2 Å². The van der Waals surface area contributed by atoms with E-state index in [1.54, 1.807) is 25.1 Å². The van der Waals surface area contributed by atoms with E-state index in [9.17, 15) is 28.6 Å². The fraction of sp³-hybridized carbons (Fsp3) is 0.0952. The van der Waals surface area contributed by atoms with Gasteiger partial charge in [-0.25, -0.2) is 8.42 Å². The lowest BCUT2D eigenvalue weighted by atomic mass is 10.1. The van der Waals surface area contributed by atoms with E-state index in [0.29, 0.717) is 16.8 Å². The number of hydrogen-bond acceptors (Lipinski definition) is 8. The van der Waals surface area contributed by atoms with Crippen LogP contribution >= 0.6 is 0 Å². The van der Waals surface area contributed by atoms with Gasteiger partial charge >= 0.3 is 0 Å². The van der Waals surface area contributed by atoms with Crippen LogP contribution < -0.4 is 10.1 Å². The van der Waals surface area contributed by atoms with Crippen molar-refractivity contribution in [2.45, 2.75) is 18.7 Å². The van der Waals surface area contributed by atoms with Gasteiger partial charge in [-0.2, -0.15) is 5.10 Å². The molecule has 170 valence electrons. The Labute approximate surface area is 189 Å². The third kappa shape index (κ3) is 5.68. The van der Waals surface area contributed by atoms with Gasteiger partial charge in [-0.1, -0.05) is 29.8 Å². The van der Waals surface area contributed by atoms with Gasteiger partial charge in [0, 0.05) is 23.8 Å². The highest BCUT2D eigenvalue weighted by Crippen LogP contribution is 2.29. The first kappa shape index (κ1) is 23.3. The minimum atomic E-state index is -4.08. The van der Waals surface area contributed by atoms with Crippen molar-refractivity contribution in [3.63, 3.8) is 0 Å². The number of nitrogens with one attached hydrogen (secondary N) is 2. The predicted molar refractivity (Wildman–Crippen MR) is 124 cm³/mol. The van der Waals surface area contributed by atoms with Crippen LogP contribution in [0.1, 0.15) is 16.7 Å². The number of nitro groups is 2. The number of benzene rings is 3. The predicted octanol–water partition coefficient (Wildman–Crippen LogP) is 4.37. The molecule has 0 bridgehead atoms. The monoisotopic (exact) mass is 469 g/mol. The summed E-state index contributed by atoms with van der Waals surface area (Å²) in [7, 11) is -4.08. The lowest BCUT2D eigenvalue weighted by molar-refractivity contribution is -0.384. The van der Waals surface area contributed by atoms with Crippen molar-refractivity contribution in [1.29, 1.82) is 0 Å². The summed E-state index contributed by atoms with van der Waals surface area (Å²) in [4.78, 5) is 20.8. The van der Waals surface area contributed by atoms with Crippen LogP contribution in [0.15, 0.2) is 70.7 Å². The van der Waals surface area contributed by atoms with Crippen molar-refractivity contribution < 1.29 is 18.3 Å². The van der Waals surface area contributed by atoms with Crippen molar-refractivity contribution in [1.82, 2.24) is 0 Å². The number of aryl methyl sites for hydroxylation is 2. The minimum absolute atomic E-state index is 0.0489. The molecule has 0 atom stereocenters. The van der Waals surface area contributed by atoms with Crippen molar-refractivity contribution in [2.24, 2.45) is 5.10 Å².